The summed E-state index contributed by atoms with van der Waals surface area (Å²) in [7, 11) is 0. The molecule has 0 aliphatic heterocycles. The van der Waals surface area contributed by atoms with Crippen molar-refractivity contribution in [2.45, 2.75) is 44.9 Å². The molecule has 2 aliphatic rings. The van der Waals surface area contributed by atoms with Crippen LogP contribution in [-0.2, 0) is 11.1 Å². The zero-order chi connectivity index (χ0) is 18.4. The van der Waals surface area contributed by atoms with Gasteiger partial charge in [-0.05, 0) is 49.8 Å². The van der Waals surface area contributed by atoms with Gasteiger partial charge in [-0.2, -0.15) is 0 Å². The highest BCUT2D eigenvalue weighted by atomic mass is 32.2. The first-order valence-electron chi connectivity index (χ1n) is 9.19. The lowest BCUT2D eigenvalue weighted by atomic mass is 9.90. The minimum absolute atomic E-state index is 0.259. The third-order valence-electron chi connectivity index (χ3n) is 4.85. The SMILES string of the molecule is O=C(NC1=CCCC=C1S(=O)O)c1cccc(OCC2CCCCC2)c1. The van der Waals surface area contributed by atoms with Gasteiger partial charge in [-0.1, -0.05) is 37.5 Å². The van der Waals surface area contributed by atoms with Gasteiger partial charge in [0.05, 0.1) is 17.2 Å². The Morgan fingerprint density at radius 2 is 1.96 bits per heavy atom. The summed E-state index contributed by atoms with van der Waals surface area (Å²) in [6.45, 7) is 0.687. The summed E-state index contributed by atoms with van der Waals surface area (Å²) in [5.41, 5.74) is 0.885. The van der Waals surface area contributed by atoms with Crippen molar-refractivity contribution in [2.75, 3.05) is 6.61 Å². The molecule has 2 N–H and O–H groups in total. The van der Waals surface area contributed by atoms with Gasteiger partial charge in [0.1, 0.15) is 5.75 Å². The van der Waals surface area contributed by atoms with E-state index in [9.17, 15) is 13.6 Å². The third kappa shape index (κ3) is 5.05. The van der Waals surface area contributed by atoms with Gasteiger partial charge in [-0.25, -0.2) is 4.21 Å². The lowest BCUT2D eigenvalue weighted by Gasteiger charge is -2.21. The zero-order valence-corrected chi connectivity index (χ0v) is 15.6. The van der Waals surface area contributed by atoms with E-state index in [1.807, 2.05) is 6.07 Å². The topological polar surface area (TPSA) is 75.6 Å². The molecule has 5 nitrogen and oxygen atoms in total. The van der Waals surface area contributed by atoms with E-state index in [0.29, 0.717) is 36.0 Å². The number of carbonyl (C=O) groups is 1. The predicted octanol–water partition coefficient (Wildman–Crippen LogP) is 4.16. The van der Waals surface area contributed by atoms with Crippen LogP contribution in [0.25, 0.3) is 0 Å². The van der Waals surface area contributed by atoms with Crippen LogP contribution in [0.1, 0.15) is 55.3 Å². The highest BCUT2D eigenvalue weighted by molar-refractivity contribution is 7.83. The van der Waals surface area contributed by atoms with Crippen LogP contribution in [0, 0.1) is 5.92 Å². The molecule has 0 saturated heterocycles. The molecule has 0 radical (unpaired) electrons. The number of benzene rings is 1. The molecule has 26 heavy (non-hydrogen) atoms. The van der Waals surface area contributed by atoms with Crippen molar-refractivity contribution >= 4 is 17.0 Å². The van der Waals surface area contributed by atoms with Gasteiger partial charge in [0, 0.05) is 5.56 Å². The predicted molar refractivity (Wildman–Crippen MR) is 102 cm³/mol. The van der Waals surface area contributed by atoms with Crippen molar-refractivity contribution in [3.63, 3.8) is 0 Å². The Hall–Kier alpha value is -1.92. The van der Waals surface area contributed by atoms with Crippen molar-refractivity contribution in [3.8, 4) is 5.75 Å². The van der Waals surface area contributed by atoms with Crippen LogP contribution < -0.4 is 10.1 Å². The van der Waals surface area contributed by atoms with Gasteiger partial charge < -0.3 is 14.6 Å². The smallest absolute Gasteiger partial charge is 0.255 e. The van der Waals surface area contributed by atoms with Crippen molar-refractivity contribution in [2.24, 2.45) is 5.92 Å². The van der Waals surface area contributed by atoms with Crippen LogP contribution in [0.4, 0.5) is 0 Å². The Labute approximate surface area is 156 Å². The molecule has 1 aromatic rings. The number of rotatable bonds is 6. The fourth-order valence-electron chi connectivity index (χ4n) is 3.42. The maximum absolute atomic E-state index is 12.5. The maximum Gasteiger partial charge on any atom is 0.255 e. The molecule has 1 aromatic carbocycles. The molecule has 1 amide bonds. The molecule has 6 heteroatoms. The Bertz CT molecular complexity index is 735. The molecule has 0 bridgehead atoms. The number of carbonyl (C=O) groups excluding carboxylic acids is 1. The monoisotopic (exact) mass is 375 g/mol. The van der Waals surface area contributed by atoms with Gasteiger partial charge in [0.15, 0.2) is 11.1 Å². The Morgan fingerprint density at radius 3 is 2.73 bits per heavy atom. The van der Waals surface area contributed by atoms with E-state index in [1.165, 1.54) is 32.1 Å². The van der Waals surface area contributed by atoms with E-state index in [0.717, 1.165) is 6.42 Å². The summed E-state index contributed by atoms with van der Waals surface area (Å²) < 4.78 is 26.7. The molecule has 1 atom stereocenters. The standard InChI is InChI=1S/C20H25NO4S/c22-20(21-18-11-4-5-12-19(18)26(23)24)16-9-6-10-17(13-16)25-14-15-7-2-1-3-8-15/h6,9-13,15H,1-5,7-8,14H2,(H,21,22)(H,23,24). The summed E-state index contributed by atoms with van der Waals surface area (Å²) in [5.74, 6) is 0.973. The van der Waals surface area contributed by atoms with E-state index in [-0.39, 0.29) is 10.8 Å². The number of allylic oxidation sites excluding steroid dienone is 2. The fraction of sp³-hybridized carbons (Fsp3) is 0.450. The average Bonchev–Trinajstić information content (AvgIpc) is 2.67. The maximum atomic E-state index is 12.5. The van der Waals surface area contributed by atoms with Crippen molar-refractivity contribution in [1.29, 1.82) is 0 Å². The van der Waals surface area contributed by atoms with Gasteiger partial charge in [0.2, 0.25) is 0 Å². The summed E-state index contributed by atoms with van der Waals surface area (Å²) in [6, 6.07) is 7.08. The molecular weight excluding hydrogens is 350 g/mol. The zero-order valence-electron chi connectivity index (χ0n) is 14.8. The summed E-state index contributed by atoms with van der Waals surface area (Å²) in [6.07, 6.45) is 11.2. The normalized spacial score (nSPS) is 19.3. The lowest BCUT2D eigenvalue weighted by molar-refractivity contribution is 0.0966. The van der Waals surface area contributed by atoms with Crippen LogP contribution in [-0.4, -0.2) is 21.3 Å². The molecule has 3 rings (SSSR count). The Kier molecular flexibility index (Phi) is 6.63. The van der Waals surface area contributed by atoms with Gasteiger partial charge in [-0.3, -0.25) is 4.79 Å². The highest BCUT2D eigenvalue weighted by Crippen LogP contribution is 2.25. The van der Waals surface area contributed by atoms with Gasteiger partial charge in [0.25, 0.3) is 5.91 Å². The molecule has 0 spiro atoms. The highest BCUT2D eigenvalue weighted by Gasteiger charge is 2.18. The number of nitrogens with one attached hydrogen (secondary N) is 1. The molecule has 0 heterocycles. The molecule has 140 valence electrons. The summed E-state index contributed by atoms with van der Waals surface area (Å²) in [4.78, 5) is 12.8. The van der Waals surface area contributed by atoms with Gasteiger partial charge >= 0.3 is 0 Å². The Morgan fingerprint density at radius 1 is 1.19 bits per heavy atom. The first-order chi connectivity index (χ1) is 12.6. The lowest BCUT2D eigenvalue weighted by Crippen LogP contribution is -2.25. The molecule has 2 aliphatic carbocycles. The fourth-order valence-corrected chi connectivity index (χ4v) is 4.00. The Balaban J connectivity index is 1.61. The number of ether oxygens (including phenoxy) is 1. The largest absolute Gasteiger partial charge is 0.493 e. The quantitative estimate of drug-likeness (QED) is 0.732. The molecule has 1 fully saturated rings. The summed E-state index contributed by atoms with van der Waals surface area (Å²) in [5, 5.41) is 2.74. The van der Waals surface area contributed by atoms with Crippen LogP contribution in [0.15, 0.2) is 47.0 Å². The summed E-state index contributed by atoms with van der Waals surface area (Å²) >= 11 is -2.11. The first-order valence-corrected chi connectivity index (χ1v) is 10.3. The molecule has 1 saturated carbocycles. The van der Waals surface area contributed by atoms with Crippen LogP contribution in [0.3, 0.4) is 0 Å². The van der Waals surface area contributed by atoms with E-state index in [1.54, 1.807) is 30.4 Å². The van der Waals surface area contributed by atoms with E-state index < -0.39 is 11.1 Å². The van der Waals surface area contributed by atoms with Gasteiger partial charge in [-0.15, -0.1) is 0 Å². The van der Waals surface area contributed by atoms with Crippen molar-refractivity contribution in [3.05, 3.63) is 52.6 Å². The van der Waals surface area contributed by atoms with Crippen LogP contribution >= 0.6 is 0 Å². The minimum atomic E-state index is -2.11. The average molecular weight is 375 g/mol. The van der Waals surface area contributed by atoms with Crippen molar-refractivity contribution in [1.82, 2.24) is 5.32 Å². The van der Waals surface area contributed by atoms with Crippen molar-refractivity contribution < 1.29 is 18.3 Å². The second-order valence-electron chi connectivity index (χ2n) is 6.81. The van der Waals surface area contributed by atoms with E-state index in [2.05, 4.69) is 5.32 Å². The molecule has 0 aromatic heterocycles. The van der Waals surface area contributed by atoms with E-state index >= 15 is 0 Å². The second-order valence-corrected chi connectivity index (χ2v) is 7.75. The molecular formula is C20H25NO4S. The number of amides is 1. The third-order valence-corrected chi connectivity index (χ3v) is 5.62. The van der Waals surface area contributed by atoms with Crippen LogP contribution in [0.2, 0.25) is 0 Å². The number of hydrogen-bond donors (Lipinski definition) is 2. The second kappa shape index (κ2) is 9.14. The van der Waals surface area contributed by atoms with E-state index in [4.69, 9.17) is 4.74 Å². The minimum Gasteiger partial charge on any atom is -0.493 e. The number of hydrogen-bond acceptors (Lipinski definition) is 3. The van der Waals surface area contributed by atoms with Crippen LogP contribution in [0.5, 0.6) is 5.75 Å². The first kappa shape index (κ1) is 18.9. The molecule has 1 unspecified atom stereocenters.